The van der Waals surface area contributed by atoms with E-state index in [1.165, 1.54) is 18.0 Å². The Kier molecular flexibility index (Phi) is 4.49. The van der Waals surface area contributed by atoms with E-state index in [0.29, 0.717) is 30.0 Å². The number of morpholine rings is 1. The van der Waals surface area contributed by atoms with Gasteiger partial charge in [-0.2, -0.15) is 0 Å². The summed E-state index contributed by atoms with van der Waals surface area (Å²) >= 11 is 1.23. The van der Waals surface area contributed by atoms with Crippen LogP contribution in [0.3, 0.4) is 0 Å². The van der Waals surface area contributed by atoms with Crippen LogP contribution in [0.25, 0.3) is 11.7 Å². The average molecular weight is 323 g/mol. The Hall–Kier alpha value is -1.80. The second-order valence-electron chi connectivity index (χ2n) is 5.20. The molecule has 3 heterocycles. The van der Waals surface area contributed by atoms with Crippen LogP contribution in [0.1, 0.15) is 13.8 Å². The van der Waals surface area contributed by atoms with Gasteiger partial charge in [-0.15, -0.1) is 10.2 Å². The van der Waals surface area contributed by atoms with Gasteiger partial charge in [0.2, 0.25) is 5.91 Å². The quantitative estimate of drug-likeness (QED) is 0.796. The highest BCUT2D eigenvalue weighted by atomic mass is 32.2. The summed E-state index contributed by atoms with van der Waals surface area (Å²) in [5.41, 5.74) is 0. The van der Waals surface area contributed by atoms with Gasteiger partial charge in [0.15, 0.2) is 5.76 Å². The van der Waals surface area contributed by atoms with E-state index >= 15 is 0 Å². The van der Waals surface area contributed by atoms with Crippen LogP contribution in [-0.2, 0) is 9.53 Å². The predicted octanol–water partition coefficient (Wildman–Crippen LogP) is 2.06. The summed E-state index contributed by atoms with van der Waals surface area (Å²) in [5.74, 6) is 1.14. The minimum absolute atomic E-state index is 0.0461. The number of ether oxygens (including phenoxy) is 1. The smallest absolute Gasteiger partial charge is 0.284 e. The maximum Gasteiger partial charge on any atom is 0.284 e. The molecular formula is C14H17N3O4S. The molecule has 118 valence electrons. The van der Waals surface area contributed by atoms with Crippen LogP contribution in [0, 0.1) is 0 Å². The average Bonchev–Trinajstić information content (AvgIpc) is 3.14. The second kappa shape index (κ2) is 6.53. The number of aromatic nitrogens is 2. The van der Waals surface area contributed by atoms with Gasteiger partial charge in [-0.05, 0) is 26.0 Å². The summed E-state index contributed by atoms with van der Waals surface area (Å²) in [6.07, 6.45) is 1.66. The van der Waals surface area contributed by atoms with E-state index in [1.54, 1.807) is 12.1 Å². The molecule has 8 heteroatoms. The van der Waals surface area contributed by atoms with Gasteiger partial charge < -0.3 is 18.5 Å². The van der Waals surface area contributed by atoms with Gasteiger partial charge in [-0.1, -0.05) is 11.8 Å². The molecule has 0 N–H and O–H groups in total. The largest absolute Gasteiger partial charge is 0.459 e. The lowest BCUT2D eigenvalue weighted by atomic mass is 10.2. The number of hydrogen-bond acceptors (Lipinski definition) is 7. The molecule has 2 aromatic heterocycles. The summed E-state index contributed by atoms with van der Waals surface area (Å²) in [6.45, 7) is 5.17. The van der Waals surface area contributed by atoms with Crippen molar-refractivity contribution >= 4 is 17.7 Å². The van der Waals surface area contributed by atoms with Crippen LogP contribution >= 0.6 is 11.8 Å². The predicted molar refractivity (Wildman–Crippen MR) is 79.3 cm³/mol. The number of rotatable bonds is 4. The summed E-state index contributed by atoms with van der Waals surface area (Å²) in [6, 6.07) is 3.49. The Bertz CT molecular complexity index is 618. The van der Waals surface area contributed by atoms with E-state index < -0.39 is 0 Å². The third-order valence-corrected chi connectivity index (χ3v) is 4.03. The van der Waals surface area contributed by atoms with Crippen LogP contribution in [0.5, 0.6) is 0 Å². The highest BCUT2D eigenvalue weighted by Gasteiger charge is 2.26. The number of amides is 1. The van der Waals surface area contributed by atoms with Gasteiger partial charge in [-0.3, -0.25) is 4.79 Å². The Morgan fingerprint density at radius 2 is 2.14 bits per heavy atom. The van der Waals surface area contributed by atoms with Crippen molar-refractivity contribution in [2.24, 2.45) is 0 Å². The van der Waals surface area contributed by atoms with Gasteiger partial charge in [0.1, 0.15) is 0 Å². The van der Waals surface area contributed by atoms with Crippen molar-refractivity contribution in [1.29, 1.82) is 0 Å². The molecule has 3 rings (SSSR count). The van der Waals surface area contributed by atoms with Gasteiger partial charge in [0.05, 0.1) is 24.2 Å². The molecule has 22 heavy (non-hydrogen) atoms. The summed E-state index contributed by atoms with van der Waals surface area (Å²) in [7, 11) is 0. The van der Waals surface area contributed by atoms with Crippen LogP contribution in [0.15, 0.2) is 32.5 Å². The van der Waals surface area contributed by atoms with Gasteiger partial charge in [0.25, 0.3) is 11.1 Å². The van der Waals surface area contributed by atoms with E-state index in [0.717, 1.165) is 0 Å². The first-order valence-electron chi connectivity index (χ1n) is 7.05. The molecule has 2 aromatic rings. The fourth-order valence-corrected chi connectivity index (χ4v) is 3.03. The van der Waals surface area contributed by atoms with Crippen LogP contribution in [0.2, 0.25) is 0 Å². The maximum absolute atomic E-state index is 12.2. The normalized spacial score (nSPS) is 22.0. The molecule has 1 saturated heterocycles. The fraction of sp³-hybridized carbons (Fsp3) is 0.500. The Labute approximate surface area is 132 Å². The molecular weight excluding hydrogens is 306 g/mol. The zero-order valence-corrected chi connectivity index (χ0v) is 13.2. The Morgan fingerprint density at radius 3 is 2.82 bits per heavy atom. The first-order chi connectivity index (χ1) is 10.6. The van der Waals surface area contributed by atoms with Crippen molar-refractivity contribution in [2.75, 3.05) is 18.8 Å². The summed E-state index contributed by atoms with van der Waals surface area (Å²) in [5, 5.41) is 8.16. The monoisotopic (exact) mass is 323 g/mol. The molecule has 0 radical (unpaired) electrons. The van der Waals surface area contributed by atoms with E-state index in [2.05, 4.69) is 10.2 Å². The molecule has 0 spiro atoms. The number of thioether (sulfide) groups is 1. The number of hydrogen-bond donors (Lipinski definition) is 0. The number of nitrogens with zero attached hydrogens (tertiary/aromatic N) is 3. The SMILES string of the molecule is C[C@@H]1CN(C(=O)CSc2nnc(-c3ccco3)o2)C[C@H](C)O1. The fourth-order valence-electron chi connectivity index (χ4n) is 2.36. The molecule has 1 amide bonds. The number of furan rings is 1. The van der Waals surface area contributed by atoms with Crippen molar-refractivity contribution in [3.8, 4) is 11.7 Å². The first-order valence-corrected chi connectivity index (χ1v) is 8.04. The van der Waals surface area contributed by atoms with Crippen molar-refractivity contribution in [3.63, 3.8) is 0 Å². The molecule has 1 aliphatic heterocycles. The molecule has 1 fully saturated rings. The third-order valence-electron chi connectivity index (χ3n) is 3.23. The second-order valence-corrected chi connectivity index (χ2v) is 6.12. The highest BCUT2D eigenvalue weighted by molar-refractivity contribution is 7.99. The van der Waals surface area contributed by atoms with Gasteiger partial charge in [-0.25, -0.2) is 0 Å². The lowest BCUT2D eigenvalue weighted by Gasteiger charge is -2.35. The topological polar surface area (TPSA) is 81.6 Å². The van der Waals surface area contributed by atoms with Gasteiger partial charge >= 0.3 is 0 Å². The number of carbonyl (C=O) groups is 1. The van der Waals surface area contributed by atoms with Gasteiger partial charge in [0, 0.05) is 13.1 Å². The molecule has 0 saturated carbocycles. The van der Waals surface area contributed by atoms with Crippen molar-refractivity contribution in [3.05, 3.63) is 18.4 Å². The van der Waals surface area contributed by atoms with Crippen LogP contribution < -0.4 is 0 Å². The highest BCUT2D eigenvalue weighted by Crippen LogP contribution is 2.24. The Balaban J connectivity index is 1.55. The minimum Gasteiger partial charge on any atom is -0.459 e. The number of carbonyl (C=O) groups excluding carboxylic acids is 1. The molecule has 2 atom stereocenters. The lowest BCUT2D eigenvalue weighted by Crippen LogP contribution is -2.48. The molecule has 0 bridgehead atoms. The molecule has 0 unspecified atom stereocenters. The van der Waals surface area contributed by atoms with E-state index in [-0.39, 0.29) is 23.9 Å². The van der Waals surface area contributed by atoms with E-state index in [1.807, 2.05) is 18.7 Å². The summed E-state index contributed by atoms with van der Waals surface area (Å²) in [4.78, 5) is 14.1. The first kappa shape index (κ1) is 15.1. The lowest BCUT2D eigenvalue weighted by molar-refractivity contribution is -0.140. The zero-order valence-electron chi connectivity index (χ0n) is 12.4. The van der Waals surface area contributed by atoms with Crippen LogP contribution in [0.4, 0.5) is 0 Å². The molecule has 1 aliphatic rings. The van der Waals surface area contributed by atoms with Crippen molar-refractivity contribution in [1.82, 2.24) is 15.1 Å². The van der Waals surface area contributed by atoms with Crippen LogP contribution in [-0.4, -0.2) is 52.1 Å². The molecule has 0 aromatic carbocycles. The Morgan fingerprint density at radius 1 is 1.36 bits per heavy atom. The molecule has 0 aliphatic carbocycles. The van der Waals surface area contributed by atoms with Crippen molar-refractivity contribution < 1.29 is 18.4 Å². The molecule has 7 nitrogen and oxygen atoms in total. The minimum atomic E-state index is 0.0461. The third kappa shape index (κ3) is 3.50. The maximum atomic E-state index is 12.2. The van der Waals surface area contributed by atoms with E-state index in [4.69, 9.17) is 13.6 Å². The standard InChI is InChI=1S/C14H17N3O4S/c1-9-6-17(7-10(2)20-9)12(18)8-22-14-16-15-13(21-14)11-4-3-5-19-11/h3-5,9-10H,6-8H2,1-2H3/t9-,10+. The zero-order chi connectivity index (χ0) is 15.5. The van der Waals surface area contributed by atoms with Crippen molar-refractivity contribution in [2.45, 2.75) is 31.3 Å². The van der Waals surface area contributed by atoms with E-state index in [9.17, 15) is 4.79 Å². The summed E-state index contributed by atoms with van der Waals surface area (Å²) < 4.78 is 16.3.